The molecule has 0 aliphatic carbocycles. The van der Waals surface area contributed by atoms with E-state index in [-0.39, 0.29) is 6.23 Å². The highest BCUT2D eigenvalue weighted by atomic mass is 19.4. The lowest BCUT2D eigenvalue weighted by Crippen LogP contribution is -2.29. The summed E-state index contributed by atoms with van der Waals surface area (Å²) in [6.45, 7) is 1.34. The molecule has 0 radical (unpaired) electrons. The minimum absolute atomic E-state index is 0.0204. The topological polar surface area (TPSA) is 12.5 Å². The number of nitrogens with zero attached hydrogens (tertiary/aromatic N) is 1. The van der Waals surface area contributed by atoms with E-state index in [1.54, 1.807) is 6.20 Å². The van der Waals surface area contributed by atoms with Crippen LogP contribution >= 0.6 is 0 Å². The van der Waals surface area contributed by atoms with E-state index in [9.17, 15) is 13.2 Å². The van der Waals surface area contributed by atoms with Crippen LogP contribution in [-0.4, -0.2) is 30.5 Å². The van der Waals surface area contributed by atoms with E-state index >= 15 is 0 Å². The standard InChI is InChI=1S/C9H12F3NO/c10-9(11,12)5-7-1-2-8-13(6-7)3-4-14-8/h6,8H,1-5H2. The van der Waals surface area contributed by atoms with Crippen molar-refractivity contribution in [1.82, 2.24) is 4.90 Å². The van der Waals surface area contributed by atoms with Crippen molar-refractivity contribution in [2.24, 2.45) is 0 Å². The maximum absolute atomic E-state index is 12.1. The van der Waals surface area contributed by atoms with Crippen LogP contribution in [0, 0.1) is 0 Å². The monoisotopic (exact) mass is 207 g/mol. The molecule has 2 aliphatic heterocycles. The average Bonchev–Trinajstić information content (AvgIpc) is 2.47. The van der Waals surface area contributed by atoms with E-state index < -0.39 is 12.6 Å². The van der Waals surface area contributed by atoms with Crippen molar-refractivity contribution >= 4 is 0 Å². The van der Waals surface area contributed by atoms with Crippen molar-refractivity contribution in [3.63, 3.8) is 0 Å². The lowest BCUT2D eigenvalue weighted by Gasteiger charge is -2.28. The molecule has 0 N–H and O–H groups in total. The quantitative estimate of drug-likeness (QED) is 0.654. The van der Waals surface area contributed by atoms with E-state index in [1.807, 2.05) is 4.90 Å². The normalized spacial score (nSPS) is 27.5. The molecule has 1 fully saturated rings. The molecule has 1 saturated heterocycles. The summed E-state index contributed by atoms with van der Waals surface area (Å²) < 4.78 is 41.6. The van der Waals surface area contributed by atoms with Crippen molar-refractivity contribution in [2.45, 2.75) is 31.7 Å². The van der Waals surface area contributed by atoms with E-state index in [4.69, 9.17) is 4.74 Å². The SMILES string of the molecule is FC(F)(F)CC1=CN2CCOC2CC1. The third kappa shape index (κ3) is 2.20. The first-order valence-corrected chi connectivity index (χ1v) is 4.68. The zero-order valence-corrected chi connectivity index (χ0v) is 7.68. The van der Waals surface area contributed by atoms with Gasteiger partial charge in [-0.3, -0.25) is 0 Å². The van der Waals surface area contributed by atoms with Gasteiger partial charge in [-0.1, -0.05) is 0 Å². The summed E-state index contributed by atoms with van der Waals surface area (Å²) in [6, 6.07) is 0. The van der Waals surface area contributed by atoms with E-state index in [0.717, 1.165) is 0 Å². The predicted octanol–water partition coefficient (Wildman–Crippen LogP) is 2.27. The van der Waals surface area contributed by atoms with Crippen LogP contribution in [0.1, 0.15) is 19.3 Å². The second kappa shape index (κ2) is 3.46. The van der Waals surface area contributed by atoms with Crippen LogP contribution in [0.15, 0.2) is 11.8 Å². The Labute approximate surface area is 80.3 Å². The van der Waals surface area contributed by atoms with Gasteiger partial charge < -0.3 is 9.64 Å². The number of fused-ring (bicyclic) bond motifs is 1. The minimum Gasteiger partial charge on any atom is -0.357 e. The lowest BCUT2D eigenvalue weighted by molar-refractivity contribution is -0.128. The molecule has 2 heterocycles. The van der Waals surface area contributed by atoms with Gasteiger partial charge in [-0.2, -0.15) is 13.2 Å². The molecular weight excluding hydrogens is 195 g/mol. The molecule has 2 rings (SSSR count). The zero-order valence-electron chi connectivity index (χ0n) is 7.68. The fraction of sp³-hybridized carbons (Fsp3) is 0.778. The minimum atomic E-state index is -4.08. The van der Waals surface area contributed by atoms with Crippen molar-refractivity contribution in [2.75, 3.05) is 13.2 Å². The summed E-state index contributed by atoms with van der Waals surface area (Å²) in [5, 5.41) is 0. The van der Waals surface area contributed by atoms with Gasteiger partial charge in [-0.25, -0.2) is 0 Å². The van der Waals surface area contributed by atoms with Gasteiger partial charge in [-0.05, 0) is 18.4 Å². The second-order valence-corrected chi connectivity index (χ2v) is 3.68. The first kappa shape index (κ1) is 9.83. The molecule has 2 nitrogen and oxygen atoms in total. The van der Waals surface area contributed by atoms with Crippen LogP contribution in [-0.2, 0) is 4.74 Å². The Morgan fingerprint density at radius 2 is 2.29 bits per heavy atom. The second-order valence-electron chi connectivity index (χ2n) is 3.68. The van der Waals surface area contributed by atoms with Crippen molar-refractivity contribution in [1.29, 1.82) is 0 Å². The molecule has 80 valence electrons. The Bertz CT molecular complexity index is 249. The summed E-state index contributed by atoms with van der Waals surface area (Å²) in [6.07, 6.45) is -2.04. The third-order valence-corrected chi connectivity index (χ3v) is 2.52. The summed E-state index contributed by atoms with van der Waals surface area (Å²) in [4.78, 5) is 1.87. The smallest absolute Gasteiger partial charge is 0.357 e. The Morgan fingerprint density at radius 1 is 1.50 bits per heavy atom. The van der Waals surface area contributed by atoms with Crippen molar-refractivity contribution < 1.29 is 17.9 Å². The van der Waals surface area contributed by atoms with Crippen molar-refractivity contribution in [3.8, 4) is 0 Å². The molecular formula is C9H12F3NO. The van der Waals surface area contributed by atoms with Gasteiger partial charge in [-0.15, -0.1) is 0 Å². The van der Waals surface area contributed by atoms with Crippen LogP contribution in [0.4, 0.5) is 13.2 Å². The maximum atomic E-state index is 12.1. The highest BCUT2D eigenvalue weighted by Crippen LogP contribution is 2.32. The van der Waals surface area contributed by atoms with Crippen LogP contribution in [0.2, 0.25) is 0 Å². The first-order chi connectivity index (χ1) is 6.54. The van der Waals surface area contributed by atoms with Gasteiger partial charge >= 0.3 is 6.18 Å². The Balaban J connectivity index is 2.00. The van der Waals surface area contributed by atoms with Crippen LogP contribution in [0.5, 0.6) is 0 Å². The van der Waals surface area contributed by atoms with Crippen LogP contribution in [0.3, 0.4) is 0 Å². The fourth-order valence-corrected chi connectivity index (χ4v) is 1.93. The van der Waals surface area contributed by atoms with Crippen LogP contribution in [0.25, 0.3) is 0 Å². The summed E-state index contributed by atoms with van der Waals surface area (Å²) in [5.74, 6) is 0. The molecule has 0 amide bonds. The van der Waals surface area contributed by atoms with E-state index in [0.29, 0.717) is 31.6 Å². The average molecular weight is 207 g/mol. The number of rotatable bonds is 1. The van der Waals surface area contributed by atoms with Gasteiger partial charge in [0.2, 0.25) is 0 Å². The molecule has 14 heavy (non-hydrogen) atoms. The number of hydrogen-bond acceptors (Lipinski definition) is 2. The largest absolute Gasteiger partial charge is 0.392 e. The number of halogens is 3. The summed E-state index contributed by atoms with van der Waals surface area (Å²) >= 11 is 0. The van der Waals surface area contributed by atoms with E-state index in [2.05, 4.69) is 0 Å². The first-order valence-electron chi connectivity index (χ1n) is 4.68. The molecule has 1 atom stereocenters. The van der Waals surface area contributed by atoms with Crippen LogP contribution < -0.4 is 0 Å². The lowest BCUT2D eigenvalue weighted by atomic mass is 10.0. The molecule has 0 saturated carbocycles. The van der Waals surface area contributed by atoms with Gasteiger partial charge in [0.25, 0.3) is 0 Å². The zero-order chi connectivity index (χ0) is 10.2. The predicted molar refractivity (Wildman–Crippen MR) is 44.4 cm³/mol. The molecule has 5 heteroatoms. The van der Waals surface area contributed by atoms with E-state index in [1.165, 1.54) is 0 Å². The molecule has 0 bridgehead atoms. The number of hydrogen-bond donors (Lipinski definition) is 0. The van der Waals surface area contributed by atoms with Gasteiger partial charge in [0, 0.05) is 12.7 Å². The van der Waals surface area contributed by atoms with Gasteiger partial charge in [0.15, 0.2) is 0 Å². The third-order valence-electron chi connectivity index (χ3n) is 2.52. The molecule has 0 aromatic heterocycles. The van der Waals surface area contributed by atoms with Gasteiger partial charge in [0.1, 0.15) is 6.23 Å². The Hall–Kier alpha value is -0.710. The fourth-order valence-electron chi connectivity index (χ4n) is 1.93. The molecule has 0 aromatic rings. The Kier molecular flexibility index (Phi) is 2.43. The summed E-state index contributed by atoms with van der Waals surface area (Å²) in [7, 11) is 0. The molecule has 0 spiro atoms. The number of alkyl halides is 3. The molecule has 0 aromatic carbocycles. The number of allylic oxidation sites excluding steroid dienone is 1. The molecule has 1 unspecified atom stereocenters. The molecule has 2 aliphatic rings. The highest BCUT2D eigenvalue weighted by molar-refractivity contribution is 5.08. The number of ether oxygens (including phenoxy) is 1. The highest BCUT2D eigenvalue weighted by Gasteiger charge is 2.33. The Morgan fingerprint density at radius 3 is 3.00 bits per heavy atom. The van der Waals surface area contributed by atoms with Gasteiger partial charge in [0.05, 0.1) is 13.0 Å². The maximum Gasteiger partial charge on any atom is 0.392 e. The van der Waals surface area contributed by atoms with Crippen molar-refractivity contribution in [3.05, 3.63) is 11.8 Å². The summed E-state index contributed by atoms with van der Waals surface area (Å²) in [5.41, 5.74) is 0.472.